The van der Waals surface area contributed by atoms with E-state index in [9.17, 15) is 10.1 Å². The minimum atomic E-state index is -0.382. The lowest BCUT2D eigenvalue weighted by Crippen LogP contribution is -2.10. The lowest BCUT2D eigenvalue weighted by molar-refractivity contribution is -0.111. The van der Waals surface area contributed by atoms with Gasteiger partial charge < -0.3 is 20.1 Å². The number of nitrogens with zero attached hydrogens (tertiary/aromatic N) is 3. The molecule has 0 aliphatic rings. The molecule has 1 heterocycles. The second kappa shape index (κ2) is 14.0. The van der Waals surface area contributed by atoms with E-state index in [-0.39, 0.29) is 12.5 Å². The third-order valence-electron chi connectivity index (χ3n) is 5.76. The van der Waals surface area contributed by atoms with E-state index in [4.69, 9.17) is 26.1 Å². The maximum absolute atomic E-state index is 12.1. The Hall–Kier alpha value is -4.35. The van der Waals surface area contributed by atoms with Crippen molar-refractivity contribution < 1.29 is 14.3 Å². The smallest absolute Gasteiger partial charge is 0.247 e. The first-order chi connectivity index (χ1) is 18.9. The molecule has 2 aromatic carbocycles. The molecule has 1 aromatic heterocycles. The summed E-state index contributed by atoms with van der Waals surface area (Å²) in [5.74, 6) is 0.601. The Morgan fingerprint density at radius 1 is 1.21 bits per heavy atom. The van der Waals surface area contributed by atoms with E-state index in [1.165, 1.54) is 6.08 Å². The summed E-state index contributed by atoms with van der Waals surface area (Å²) < 4.78 is 11.6. The van der Waals surface area contributed by atoms with Crippen molar-refractivity contribution in [1.82, 2.24) is 4.98 Å². The van der Waals surface area contributed by atoms with E-state index < -0.39 is 0 Å². The number of hydrogen-bond acceptors (Lipinski definition) is 7. The van der Waals surface area contributed by atoms with Crippen molar-refractivity contribution in [3.8, 4) is 17.6 Å². The summed E-state index contributed by atoms with van der Waals surface area (Å²) in [6, 6.07) is 11.1. The quantitative estimate of drug-likeness (QED) is 0.187. The molecule has 0 fully saturated rings. The van der Waals surface area contributed by atoms with Crippen molar-refractivity contribution in [3.63, 3.8) is 0 Å². The van der Waals surface area contributed by atoms with Gasteiger partial charge in [0.05, 0.1) is 45.5 Å². The summed E-state index contributed by atoms with van der Waals surface area (Å²) in [5.41, 5.74) is 4.10. The molecule has 0 radical (unpaired) electrons. The number of halogens is 1. The molecule has 8 nitrogen and oxygen atoms in total. The van der Waals surface area contributed by atoms with Gasteiger partial charge in [-0.1, -0.05) is 38.1 Å². The highest BCUT2D eigenvalue weighted by Gasteiger charge is 2.19. The van der Waals surface area contributed by atoms with Gasteiger partial charge in [-0.3, -0.25) is 14.8 Å². The molecule has 0 saturated carbocycles. The number of ether oxygens (including phenoxy) is 2. The molecule has 1 amide bonds. The number of aromatic nitrogens is 1. The fraction of sp³-hybridized carbons (Fsp3) is 0.267. The Morgan fingerprint density at radius 2 is 2.00 bits per heavy atom. The predicted molar refractivity (Wildman–Crippen MR) is 159 cm³/mol. The fourth-order valence-electron chi connectivity index (χ4n) is 3.84. The van der Waals surface area contributed by atoms with Crippen molar-refractivity contribution in [2.24, 2.45) is 4.99 Å². The van der Waals surface area contributed by atoms with E-state index in [1.54, 1.807) is 31.3 Å². The number of aliphatic imine (C=N–C) groups is 1. The summed E-state index contributed by atoms with van der Waals surface area (Å²) in [7, 11) is 1.72. The molecule has 0 atom stereocenters. The van der Waals surface area contributed by atoms with Gasteiger partial charge in [0.15, 0.2) is 0 Å². The summed E-state index contributed by atoms with van der Waals surface area (Å²) in [6.45, 7) is 10.1. The van der Waals surface area contributed by atoms with E-state index >= 15 is 0 Å². The van der Waals surface area contributed by atoms with Gasteiger partial charge in [-0.05, 0) is 56.2 Å². The Morgan fingerprint density at radius 3 is 2.62 bits per heavy atom. The molecule has 0 bridgehead atoms. The Balaban J connectivity index is 2.05. The van der Waals surface area contributed by atoms with Crippen LogP contribution in [0.3, 0.4) is 0 Å². The second-order valence-corrected chi connectivity index (χ2v) is 8.76. The van der Waals surface area contributed by atoms with Crippen LogP contribution in [-0.2, 0) is 11.2 Å². The molecular formula is C30H32ClN5O3. The number of nitriles is 1. The van der Waals surface area contributed by atoms with Crippen molar-refractivity contribution in [2.75, 3.05) is 30.9 Å². The highest BCUT2D eigenvalue weighted by Crippen LogP contribution is 2.38. The summed E-state index contributed by atoms with van der Waals surface area (Å²) >= 11 is 6.56. The molecule has 0 unspecified atom stereocenters. The number of amides is 1. The number of anilines is 3. The summed E-state index contributed by atoms with van der Waals surface area (Å²) in [5, 5.41) is 17.2. The Kier molecular flexibility index (Phi) is 10.5. The van der Waals surface area contributed by atoms with Crippen molar-refractivity contribution >= 4 is 51.2 Å². The molecule has 0 aliphatic heterocycles. The molecule has 9 heteroatoms. The number of carbonyl (C=O) groups excluding carboxylic acids is 1. The zero-order valence-electron chi connectivity index (χ0n) is 22.6. The monoisotopic (exact) mass is 545 g/mol. The highest BCUT2D eigenvalue weighted by molar-refractivity contribution is 6.32. The van der Waals surface area contributed by atoms with Gasteiger partial charge in [-0.15, -0.1) is 0 Å². The van der Waals surface area contributed by atoms with Crippen LogP contribution in [0.5, 0.6) is 11.5 Å². The topological polar surface area (TPSA) is 109 Å². The van der Waals surface area contributed by atoms with Crippen molar-refractivity contribution in [1.29, 1.82) is 5.26 Å². The number of hydrogen-bond donors (Lipinski definition) is 2. The van der Waals surface area contributed by atoms with Gasteiger partial charge in [0, 0.05) is 24.2 Å². The zero-order chi connectivity index (χ0) is 28.4. The summed E-state index contributed by atoms with van der Waals surface area (Å²) in [4.78, 5) is 21.0. The molecule has 0 spiro atoms. The number of pyridine rings is 1. The Labute approximate surface area is 234 Å². The van der Waals surface area contributed by atoms with Gasteiger partial charge >= 0.3 is 0 Å². The van der Waals surface area contributed by atoms with E-state index in [0.717, 1.165) is 12.1 Å². The van der Waals surface area contributed by atoms with E-state index in [2.05, 4.69) is 35.2 Å². The minimum absolute atomic E-state index is 0.286. The normalized spacial score (nSPS) is 11.3. The van der Waals surface area contributed by atoms with Crippen LogP contribution in [0.2, 0.25) is 5.02 Å². The molecule has 202 valence electrons. The van der Waals surface area contributed by atoms with Gasteiger partial charge in [0.2, 0.25) is 5.91 Å². The molecule has 2 N–H and O–H groups in total. The maximum Gasteiger partial charge on any atom is 0.247 e. The van der Waals surface area contributed by atoms with Gasteiger partial charge in [-0.25, -0.2) is 0 Å². The lowest BCUT2D eigenvalue weighted by Gasteiger charge is -2.18. The zero-order valence-corrected chi connectivity index (χ0v) is 23.4. The van der Waals surface area contributed by atoms with Crippen LogP contribution in [0, 0.1) is 11.3 Å². The minimum Gasteiger partial charge on any atom is -0.492 e. The SMILES string of the molecule is C=CC(=O)Nc1cc2c(Nc3ccc(OCC(/C=C\CC)=NC)c(Cl)c3)c(C#N)c(CC)nc2cc1OCC. The third-order valence-corrected chi connectivity index (χ3v) is 6.06. The maximum atomic E-state index is 12.1. The molecule has 0 saturated heterocycles. The summed E-state index contributed by atoms with van der Waals surface area (Å²) in [6.07, 6.45) is 6.58. The third kappa shape index (κ3) is 7.15. The average Bonchev–Trinajstić information content (AvgIpc) is 2.94. The highest BCUT2D eigenvalue weighted by atomic mass is 35.5. The van der Waals surface area contributed by atoms with Gasteiger partial charge in [0.25, 0.3) is 0 Å². The lowest BCUT2D eigenvalue weighted by atomic mass is 10.0. The van der Waals surface area contributed by atoms with Crippen LogP contribution < -0.4 is 20.1 Å². The van der Waals surface area contributed by atoms with Gasteiger partial charge in [0.1, 0.15) is 24.2 Å². The van der Waals surface area contributed by atoms with Crippen molar-refractivity contribution in [2.45, 2.75) is 33.6 Å². The molecule has 3 rings (SSSR count). The number of carbonyl (C=O) groups is 1. The molecule has 3 aromatic rings. The average molecular weight is 546 g/mol. The number of fused-ring (bicyclic) bond motifs is 1. The molecule has 0 aliphatic carbocycles. The van der Waals surface area contributed by atoms with Crippen molar-refractivity contribution in [3.05, 3.63) is 71.4 Å². The van der Waals surface area contributed by atoms with E-state index in [0.29, 0.717) is 68.8 Å². The van der Waals surface area contributed by atoms with Gasteiger partial charge in [-0.2, -0.15) is 5.26 Å². The van der Waals surface area contributed by atoms with Crippen LogP contribution in [0.1, 0.15) is 38.4 Å². The number of benzene rings is 2. The standard InChI is InChI=1S/C30H32ClN5O3/c1-6-10-11-20(33-5)18-39-27-13-12-19(14-23(27)31)34-30-21-15-26(36-29(37)8-3)28(38-9-4)16-25(21)35-24(7-2)22(30)17-32/h8,10-16H,3,6-7,9,18H2,1-2,4-5H3,(H,34,35)(H,36,37)/b11-10-,33-20?. The number of aryl methyl sites for hydroxylation is 1. The van der Waals surface area contributed by atoms with Crippen LogP contribution in [0.4, 0.5) is 17.1 Å². The largest absolute Gasteiger partial charge is 0.492 e. The first-order valence-corrected chi connectivity index (χ1v) is 13.0. The fourth-order valence-corrected chi connectivity index (χ4v) is 4.07. The van der Waals surface area contributed by atoms with Crippen LogP contribution >= 0.6 is 11.6 Å². The molecular weight excluding hydrogens is 514 g/mol. The number of rotatable bonds is 12. The molecule has 39 heavy (non-hydrogen) atoms. The van der Waals surface area contributed by atoms with Crippen LogP contribution in [0.15, 0.2) is 60.1 Å². The Bertz CT molecular complexity index is 1470. The van der Waals surface area contributed by atoms with E-state index in [1.807, 2.05) is 32.1 Å². The number of allylic oxidation sites excluding steroid dienone is 1. The second-order valence-electron chi connectivity index (χ2n) is 8.35. The number of nitrogens with one attached hydrogen (secondary N) is 2. The predicted octanol–water partition coefficient (Wildman–Crippen LogP) is 7.00. The first-order valence-electron chi connectivity index (χ1n) is 12.7. The first kappa shape index (κ1) is 29.2. The van der Waals surface area contributed by atoms with Crippen LogP contribution in [0.25, 0.3) is 10.9 Å². The van der Waals surface area contributed by atoms with Crippen LogP contribution in [-0.4, -0.2) is 36.9 Å².